The van der Waals surface area contributed by atoms with Gasteiger partial charge in [0, 0.05) is 43.9 Å². The first-order valence-electron chi connectivity index (χ1n) is 20.4. The van der Waals surface area contributed by atoms with Gasteiger partial charge in [0.25, 0.3) is 0 Å². The van der Waals surface area contributed by atoms with Gasteiger partial charge in [-0.1, -0.05) is 48.3 Å². The average Bonchev–Trinajstić information content (AvgIpc) is 3.22. The zero-order valence-electron chi connectivity index (χ0n) is 33.9. The van der Waals surface area contributed by atoms with Crippen LogP contribution in [0.2, 0.25) is 0 Å². The number of fused-ring (bicyclic) bond motifs is 2. The number of nitrogens with zero attached hydrogens (tertiary/aromatic N) is 3. The molecule has 3 aromatic rings. The summed E-state index contributed by atoms with van der Waals surface area (Å²) in [5, 5.41) is 24.5. The lowest BCUT2D eigenvalue weighted by atomic mass is 9.55. The topological polar surface area (TPSA) is 132 Å². The van der Waals surface area contributed by atoms with E-state index in [1.165, 1.54) is 0 Å². The van der Waals surface area contributed by atoms with Gasteiger partial charge in [0.15, 0.2) is 0 Å². The summed E-state index contributed by atoms with van der Waals surface area (Å²) >= 11 is 0. The first kappa shape index (κ1) is 41.9. The van der Waals surface area contributed by atoms with E-state index >= 15 is 0 Å². The van der Waals surface area contributed by atoms with E-state index in [2.05, 4.69) is 23.7 Å². The molecule has 2 aromatic carbocycles. The van der Waals surface area contributed by atoms with Crippen molar-refractivity contribution in [1.29, 1.82) is 0 Å². The molecule has 11 heteroatoms. The molecule has 1 amide bonds. The lowest BCUT2D eigenvalue weighted by Gasteiger charge is -2.59. The van der Waals surface area contributed by atoms with E-state index in [-0.39, 0.29) is 49.9 Å². The Morgan fingerprint density at radius 1 is 1.05 bits per heavy atom. The third-order valence-corrected chi connectivity index (χ3v) is 11.6. The summed E-state index contributed by atoms with van der Waals surface area (Å²) in [7, 11) is 3.44. The number of amides is 1. The van der Waals surface area contributed by atoms with E-state index in [0.29, 0.717) is 49.7 Å². The molecule has 2 heterocycles. The number of hydrogen-bond acceptors (Lipinski definition) is 10. The number of benzene rings is 2. The summed E-state index contributed by atoms with van der Waals surface area (Å²) < 4.78 is 26.1. The van der Waals surface area contributed by atoms with Crippen LogP contribution in [0.15, 0.2) is 90.1 Å². The Balaban J connectivity index is 1.51. The molecule has 6 rings (SSSR count). The molecule has 2 aliphatic carbocycles. The Labute approximate surface area is 337 Å². The largest absolute Gasteiger partial charge is 0.497 e. The minimum atomic E-state index is -1.32. The lowest BCUT2D eigenvalue weighted by molar-refractivity contribution is -0.255. The maximum absolute atomic E-state index is 14.4. The van der Waals surface area contributed by atoms with Crippen molar-refractivity contribution in [2.45, 2.75) is 89.6 Å². The van der Waals surface area contributed by atoms with E-state index in [9.17, 15) is 15.0 Å². The number of allylic oxidation sites excluding steroid dienone is 1. The fraction of sp³-hybridized carbons (Fsp3) is 0.500. The summed E-state index contributed by atoms with van der Waals surface area (Å²) in [5.74, 6) is 0.337. The molecule has 6 unspecified atom stereocenters. The van der Waals surface area contributed by atoms with Gasteiger partial charge in [0.1, 0.15) is 36.5 Å². The Morgan fingerprint density at radius 2 is 1.84 bits per heavy atom. The highest BCUT2D eigenvalue weighted by atomic mass is 16.7. The molecular weight excluding hydrogens is 723 g/mol. The highest BCUT2D eigenvalue weighted by Crippen LogP contribution is 2.61. The van der Waals surface area contributed by atoms with Crippen molar-refractivity contribution in [1.82, 2.24) is 9.88 Å². The molecule has 0 spiro atoms. The minimum absolute atomic E-state index is 0.102. The number of unbranched alkanes of at least 4 members (excludes halogenated alkanes) is 2. The number of carbonyl (C=O) groups excluding carboxylic acids is 1. The van der Waals surface area contributed by atoms with Crippen LogP contribution in [-0.4, -0.2) is 84.1 Å². The number of pyridine rings is 1. The summed E-state index contributed by atoms with van der Waals surface area (Å²) in [6.45, 7) is 9.02. The van der Waals surface area contributed by atoms with Crippen LogP contribution in [0.5, 0.6) is 17.2 Å². The number of aliphatic hydroxyl groups excluding tert-OH is 2. The van der Waals surface area contributed by atoms with E-state index in [1.54, 1.807) is 18.1 Å². The Bertz CT molecular complexity index is 1900. The number of hydrogen-bond donors (Lipinski definition) is 2. The molecule has 2 N–H and O–H groups in total. The van der Waals surface area contributed by atoms with Crippen LogP contribution >= 0.6 is 0 Å². The molecule has 0 bridgehead atoms. The minimum Gasteiger partial charge on any atom is -0.497 e. The number of likely N-dealkylation sites (N-methyl/N-ethyl adjacent to an activating group) is 1. The third-order valence-electron chi connectivity index (χ3n) is 11.6. The van der Waals surface area contributed by atoms with Crippen LogP contribution in [0.1, 0.15) is 80.3 Å². The van der Waals surface area contributed by atoms with Crippen molar-refractivity contribution in [3.8, 4) is 17.2 Å². The molecule has 1 aliphatic heterocycles. The predicted octanol–water partition coefficient (Wildman–Crippen LogP) is 7.33. The van der Waals surface area contributed by atoms with Gasteiger partial charge < -0.3 is 38.9 Å². The molecule has 57 heavy (non-hydrogen) atoms. The molecule has 0 saturated heterocycles. The van der Waals surface area contributed by atoms with Crippen LogP contribution in [0.25, 0.3) is 0 Å². The zero-order valence-corrected chi connectivity index (χ0v) is 33.9. The monoisotopic (exact) mass is 781 g/mol. The smallest absolute Gasteiger partial charge is 0.239 e. The fourth-order valence-electron chi connectivity index (χ4n) is 9.05. The maximum atomic E-state index is 14.4. The highest BCUT2D eigenvalue weighted by molar-refractivity contribution is 6.03. The summed E-state index contributed by atoms with van der Waals surface area (Å²) in [6, 6.07) is 18.8. The van der Waals surface area contributed by atoms with Crippen molar-refractivity contribution in [3.05, 3.63) is 107 Å². The molecule has 1 fully saturated rings. The van der Waals surface area contributed by atoms with Crippen LogP contribution < -0.4 is 14.2 Å². The Hall–Kier alpha value is -4.71. The van der Waals surface area contributed by atoms with Crippen molar-refractivity contribution in [2.24, 2.45) is 22.9 Å². The summed E-state index contributed by atoms with van der Waals surface area (Å²) in [5.41, 5.74) is 5.36. The number of aromatic nitrogens is 1. The van der Waals surface area contributed by atoms with Crippen LogP contribution in [0.4, 0.5) is 0 Å². The molecule has 1 aromatic heterocycles. The Morgan fingerprint density at radius 3 is 2.58 bits per heavy atom. The predicted molar refractivity (Wildman–Crippen MR) is 219 cm³/mol. The molecule has 11 nitrogen and oxygen atoms in total. The number of carbonyl (C=O) groups is 1. The van der Waals surface area contributed by atoms with Gasteiger partial charge in [-0.05, 0) is 105 Å². The lowest BCUT2D eigenvalue weighted by Crippen LogP contribution is -2.69. The van der Waals surface area contributed by atoms with Gasteiger partial charge in [-0.2, -0.15) is 0 Å². The molecular formula is C46H59N3O8. The number of rotatable bonds is 20. The normalized spacial score (nSPS) is 24.1. The van der Waals surface area contributed by atoms with Gasteiger partial charge in [-0.15, -0.1) is 6.58 Å². The van der Waals surface area contributed by atoms with Crippen LogP contribution in [0.3, 0.4) is 0 Å². The number of ether oxygens (including phenoxy) is 4. The SMILES string of the molecule is C=CCOC12Oc3ccc(OCc4cccc(C)n4)cc3C3C(CCCCO)C(CCCCO)C=C(C(=NOCC)CC1N(C)C(=O)Cc1cccc(OC)c1)C32. The highest BCUT2D eigenvalue weighted by Gasteiger charge is 2.65. The van der Waals surface area contributed by atoms with E-state index in [1.807, 2.05) is 75.5 Å². The second-order valence-corrected chi connectivity index (χ2v) is 15.3. The molecule has 3 aliphatic rings. The molecule has 0 radical (unpaired) electrons. The Kier molecular flexibility index (Phi) is 14.4. The van der Waals surface area contributed by atoms with Gasteiger partial charge >= 0.3 is 0 Å². The van der Waals surface area contributed by atoms with Gasteiger partial charge in [0.2, 0.25) is 11.7 Å². The van der Waals surface area contributed by atoms with Crippen molar-refractivity contribution in [2.75, 3.05) is 40.6 Å². The van der Waals surface area contributed by atoms with Crippen LogP contribution in [0, 0.1) is 24.7 Å². The molecule has 6 atom stereocenters. The summed E-state index contributed by atoms with van der Waals surface area (Å²) in [4.78, 5) is 26.6. The first-order chi connectivity index (χ1) is 27.8. The van der Waals surface area contributed by atoms with Gasteiger partial charge in [0.05, 0.1) is 37.5 Å². The van der Waals surface area contributed by atoms with Crippen molar-refractivity contribution in [3.63, 3.8) is 0 Å². The third kappa shape index (κ3) is 9.37. The summed E-state index contributed by atoms with van der Waals surface area (Å²) in [6.07, 6.45) is 9.35. The zero-order chi connectivity index (χ0) is 40.4. The van der Waals surface area contributed by atoms with Crippen LogP contribution in [-0.2, 0) is 27.4 Å². The van der Waals surface area contributed by atoms with Crippen molar-refractivity contribution >= 4 is 11.6 Å². The van der Waals surface area contributed by atoms with E-state index < -0.39 is 17.7 Å². The number of oxime groups is 1. The number of aryl methyl sites for hydroxylation is 1. The fourth-order valence-corrected chi connectivity index (χ4v) is 9.05. The molecule has 306 valence electrons. The van der Waals surface area contributed by atoms with Crippen molar-refractivity contribution < 1.29 is 38.8 Å². The van der Waals surface area contributed by atoms with E-state index in [4.69, 9.17) is 28.9 Å². The quantitative estimate of drug-likeness (QED) is 0.0687. The second-order valence-electron chi connectivity index (χ2n) is 15.3. The maximum Gasteiger partial charge on any atom is 0.239 e. The van der Waals surface area contributed by atoms with E-state index in [0.717, 1.165) is 59.5 Å². The number of methoxy groups -OCH3 is 1. The second kappa shape index (κ2) is 19.6. The average molecular weight is 782 g/mol. The molecule has 1 saturated carbocycles. The first-order valence-corrected chi connectivity index (χ1v) is 20.4. The standard InChI is InChI=1S/C46H59N3O8/c1-6-24-55-46-42(49(4)43(52)26-32-15-13-18-35(25-32)53-5)29-40(48-56-7-2)38-27-33(16-8-10-22-50)37(19-9-11-23-51)44(45(38)46)39-28-36(20-21-41(39)57-46)54-30-34-17-12-14-31(3)47-34/h6,12-15,17-18,20-21,25,27-28,33,37,42,44-45,50-51H,1,7-11,16,19,22-24,26,29-30H2,2-5H3. The van der Waals surface area contributed by atoms with Gasteiger partial charge in [-0.3, -0.25) is 9.78 Å². The van der Waals surface area contributed by atoms with Gasteiger partial charge in [-0.25, -0.2) is 0 Å². The number of aliphatic hydroxyl groups is 2.